The van der Waals surface area contributed by atoms with E-state index < -0.39 is 0 Å². The molecule has 1 unspecified atom stereocenters. The van der Waals surface area contributed by atoms with Gasteiger partial charge in [0.1, 0.15) is 0 Å². The molecule has 0 aliphatic heterocycles. The number of ether oxygens (including phenoxy) is 1. The molecule has 0 aromatic carbocycles. The third-order valence-electron chi connectivity index (χ3n) is 3.41. The van der Waals surface area contributed by atoms with Crippen molar-refractivity contribution in [3.8, 4) is 0 Å². The lowest BCUT2D eigenvalue weighted by Gasteiger charge is -2.18. The molecule has 0 fully saturated rings. The number of hydrogen-bond donors (Lipinski definition) is 0. The van der Waals surface area contributed by atoms with Crippen molar-refractivity contribution < 1.29 is 4.74 Å². The van der Waals surface area contributed by atoms with Gasteiger partial charge in [-0.2, -0.15) is 0 Å². The average Bonchev–Trinajstić information content (AvgIpc) is 2.92. The van der Waals surface area contributed by atoms with Crippen molar-refractivity contribution in [1.82, 2.24) is 9.55 Å². The second-order valence-electron chi connectivity index (χ2n) is 5.31. The number of hydrogen-bond acceptors (Lipinski definition) is 2. The van der Waals surface area contributed by atoms with Gasteiger partial charge in [-0.1, -0.05) is 52.4 Å². The summed E-state index contributed by atoms with van der Waals surface area (Å²) in [6, 6.07) is 0. The van der Waals surface area contributed by atoms with Crippen molar-refractivity contribution >= 4 is 0 Å². The van der Waals surface area contributed by atoms with Crippen LogP contribution >= 0.6 is 0 Å². The molecule has 0 bridgehead atoms. The molecule has 0 saturated carbocycles. The maximum atomic E-state index is 5.94. The molecule has 1 atom stereocenters. The van der Waals surface area contributed by atoms with Crippen molar-refractivity contribution in [3.63, 3.8) is 0 Å². The summed E-state index contributed by atoms with van der Waals surface area (Å²) in [5, 5.41) is 0. The Morgan fingerprint density at radius 1 is 1.05 bits per heavy atom. The highest BCUT2D eigenvalue weighted by molar-refractivity contribution is 4.76. The Morgan fingerprint density at radius 2 is 1.84 bits per heavy atom. The standard InChI is InChI=1S/C16H30N2O/c1-3-5-6-7-8-9-10-16(19-13-4-2)14-18-12-11-17-15-18/h11-12,15-16H,3-10,13-14H2,1-2H3. The molecule has 3 heteroatoms. The van der Waals surface area contributed by atoms with Crippen LogP contribution in [0.4, 0.5) is 0 Å². The largest absolute Gasteiger partial charge is 0.376 e. The first-order valence-electron chi connectivity index (χ1n) is 7.94. The molecule has 1 aromatic rings. The summed E-state index contributed by atoms with van der Waals surface area (Å²) in [6.45, 7) is 6.24. The van der Waals surface area contributed by atoms with Gasteiger partial charge in [-0.05, 0) is 12.8 Å². The van der Waals surface area contributed by atoms with E-state index in [-0.39, 0.29) is 0 Å². The van der Waals surface area contributed by atoms with Crippen molar-refractivity contribution in [2.24, 2.45) is 0 Å². The Balaban J connectivity index is 2.17. The molecule has 1 heterocycles. The molecule has 0 spiro atoms. The van der Waals surface area contributed by atoms with Gasteiger partial charge in [0.15, 0.2) is 0 Å². The number of imidazole rings is 1. The third-order valence-corrected chi connectivity index (χ3v) is 3.41. The number of rotatable bonds is 12. The predicted octanol–water partition coefficient (Wildman–Crippen LogP) is 4.43. The van der Waals surface area contributed by atoms with Gasteiger partial charge < -0.3 is 9.30 Å². The molecule has 3 nitrogen and oxygen atoms in total. The second-order valence-corrected chi connectivity index (χ2v) is 5.31. The lowest BCUT2D eigenvalue weighted by atomic mass is 10.1. The van der Waals surface area contributed by atoms with Crippen LogP contribution in [-0.2, 0) is 11.3 Å². The molecular formula is C16H30N2O. The quantitative estimate of drug-likeness (QED) is 0.523. The molecule has 0 radical (unpaired) electrons. The molecular weight excluding hydrogens is 236 g/mol. The lowest BCUT2D eigenvalue weighted by Crippen LogP contribution is -2.20. The fraction of sp³-hybridized carbons (Fsp3) is 0.812. The van der Waals surface area contributed by atoms with E-state index in [0.29, 0.717) is 6.10 Å². The molecule has 19 heavy (non-hydrogen) atoms. The second kappa shape index (κ2) is 11.0. The molecule has 0 aliphatic carbocycles. The van der Waals surface area contributed by atoms with E-state index in [2.05, 4.69) is 23.4 Å². The average molecular weight is 266 g/mol. The Bertz CT molecular complexity index is 285. The molecule has 0 N–H and O–H groups in total. The minimum absolute atomic E-state index is 0.348. The van der Waals surface area contributed by atoms with Crippen LogP contribution in [0, 0.1) is 0 Å². The van der Waals surface area contributed by atoms with Crippen LogP contribution in [0.1, 0.15) is 65.2 Å². The van der Waals surface area contributed by atoms with Crippen LogP contribution in [0.3, 0.4) is 0 Å². The molecule has 1 aromatic heterocycles. The monoisotopic (exact) mass is 266 g/mol. The zero-order chi connectivity index (χ0) is 13.8. The molecule has 0 amide bonds. The van der Waals surface area contributed by atoms with Gasteiger partial charge in [0.25, 0.3) is 0 Å². The summed E-state index contributed by atoms with van der Waals surface area (Å²) in [7, 11) is 0. The summed E-state index contributed by atoms with van der Waals surface area (Å²) >= 11 is 0. The van der Waals surface area contributed by atoms with Gasteiger partial charge in [-0.15, -0.1) is 0 Å². The predicted molar refractivity (Wildman–Crippen MR) is 80.3 cm³/mol. The van der Waals surface area contributed by atoms with E-state index >= 15 is 0 Å². The van der Waals surface area contributed by atoms with Crippen molar-refractivity contribution in [1.29, 1.82) is 0 Å². The zero-order valence-corrected chi connectivity index (χ0v) is 12.7. The highest BCUT2D eigenvalue weighted by Crippen LogP contribution is 2.12. The van der Waals surface area contributed by atoms with Crippen molar-refractivity contribution in [2.45, 2.75) is 77.9 Å². The van der Waals surface area contributed by atoms with Gasteiger partial charge in [0.2, 0.25) is 0 Å². The van der Waals surface area contributed by atoms with Crippen LogP contribution in [0.5, 0.6) is 0 Å². The molecule has 0 saturated heterocycles. The van der Waals surface area contributed by atoms with Gasteiger partial charge in [-0.3, -0.25) is 0 Å². The summed E-state index contributed by atoms with van der Waals surface area (Å²) in [4.78, 5) is 4.09. The Morgan fingerprint density at radius 3 is 2.53 bits per heavy atom. The maximum absolute atomic E-state index is 5.94. The molecule has 1 rings (SSSR count). The number of aromatic nitrogens is 2. The minimum atomic E-state index is 0.348. The summed E-state index contributed by atoms with van der Waals surface area (Å²) in [6.07, 6.45) is 16.4. The van der Waals surface area contributed by atoms with Crippen LogP contribution in [0.25, 0.3) is 0 Å². The van der Waals surface area contributed by atoms with E-state index in [1.54, 1.807) is 0 Å². The first-order valence-corrected chi connectivity index (χ1v) is 7.94. The summed E-state index contributed by atoms with van der Waals surface area (Å²) in [5.74, 6) is 0. The van der Waals surface area contributed by atoms with E-state index in [9.17, 15) is 0 Å². The highest BCUT2D eigenvalue weighted by Gasteiger charge is 2.09. The fourth-order valence-electron chi connectivity index (χ4n) is 2.29. The van der Waals surface area contributed by atoms with E-state index in [1.165, 1.54) is 44.9 Å². The topological polar surface area (TPSA) is 27.1 Å². The first-order chi connectivity index (χ1) is 9.36. The van der Waals surface area contributed by atoms with Gasteiger partial charge in [0, 0.05) is 25.5 Å². The van der Waals surface area contributed by atoms with Crippen LogP contribution in [-0.4, -0.2) is 22.3 Å². The van der Waals surface area contributed by atoms with E-state index in [1.807, 2.05) is 18.7 Å². The first kappa shape index (κ1) is 16.2. The van der Waals surface area contributed by atoms with Crippen LogP contribution in [0.15, 0.2) is 18.7 Å². The zero-order valence-electron chi connectivity index (χ0n) is 12.7. The normalized spacial score (nSPS) is 12.7. The fourth-order valence-corrected chi connectivity index (χ4v) is 2.29. The van der Waals surface area contributed by atoms with Gasteiger partial charge in [0.05, 0.1) is 12.4 Å². The van der Waals surface area contributed by atoms with E-state index in [0.717, 1.165) is 19.6 Å². The number of unbranched alkanes of at least 4 members (excludes halogenated alkanes) is 5. The van der Waals surface area contributed by atoms with Crippen LogP contribution in [0.2, 0.25) is 0 Å². The Labute approximate surface area is 118 Å². The van der Waals surface area contributed by atoms with E-state index in [4.69, 9.17) is 4.74 Å². The summed E-state index contributed by atoms with van der Waals surface area (Å²) in [5.41, 5.74) is 0. The van der Waals surface area contributed by atoms with Crippen LogP contribution < -0.4 is 0 Å². The van der Waals surface area contributed by atoms with Gasteiger partial charge >= 0.3 is 0 Å². The lowest BCUT2D eigenvalue weighted by molar-refractivity contribution is 0.0344. The maximum Gasteiger partial charge on any atom is 0.0946 e. The summed E-state index contributed by atoms with van der Waals surface area (Å²) < 4.78 is 8.07. The number of nitrogens with zero attached hydrogens (tertiary/aromatic N) is 2. The minimum Gasteiger partial charge on any atom is -0.376 e. The Kier molecular flexibility index (Phi) is 9.42. The van der Waals surface area contributed by atoms with Crippen molar-refractivity contribution in [2.75, 3.05) is 6.61 Å². The van der Waals surface area contributed by atoms with Crippen molar-refractivity contribution in [3.05, 3.63) is 18.7 Å². The Hall–Kier alpha value is -0.830. The van der Waals surface area contributed by atoms with Gasteiger partial charge in [-0.25, -0.2) is 4.98 Å². The molecule has 110 valence electrons. The third kappa shape index (κ3) is 8.04. The highest BCUT2D eigenvalue weighted by atomic mass is 16.5. The molecule has 0 aliphatic rings. The smallest absolute Gasteiger partial charge is 0.0946 e. The SMILES string of the molecule is CCCCCCCCC(Cn1ccnc1)OCCC.